The summed E-state index contributed by atoms with van der Waals surface area (Å²) < 4.78 is 19.7. The molecular weight excluding hydrogens is 399 g/mol. The van der Waals surface area contributed by atoms with Crippen LogP contribution < -0.4 is 4.74 Å². The molecule has 32 heavy (non-hydrogen) atoms. The van der Waals surface area contributed by atoms with E-state index in [0.29, 0.717) is 25.4 Å². The lowest BCUT2D eigenvalue weighted by atomic mass is 10.0. The zero-order valence-corrected chi connectivity index (χ0v) is 20.5. The van der Waals surface area contributed by atoms with Crippen molar-refractivity contribution >= 4 is 0 Å². The summed E-state index contributed by atoms with van der Waals surface area (Å²) in [6.07, 6.45) is 16.5. The zero-order valence-electron chi connectivity index (χ0n) is 20.5. The molecule has 0 N–H and O–H groups in total. The summed E-state index contributed by atoms with van der Waals surface area (Å²) in [5.74, 6) is 2.09. The SMILES string of the molecule is CCCCCCCCCc1cnc(-c2ccc(OCCC(F)CCC(C)CC)cc2)nc1. The van der Waals surface area contributed by atoms with E-state index in [1.54, 1.807) is 0 Å². The van der Waals surface area contributed by atoms with Crippen LogP contribution in [0.4, 0.5) is 4.39 Å². The molecule has 4 heteroatoms. The van der Waals surface area contributed by atoms with Crippen LogP contribution in [0.5, 0.6) is 5.75 Å². The number of rotatable bonds is 17. The number of unbranched alkanes of at least 4 members (excludes halogenated alkanes) is 6. The first-order valence-corrected chi connectivity index (χ1v) is 12.8. The van der Waals surface area contributed by atoms with Crippen molar-refractivity contribution in [3.8, 4) is 17.1 Å². The molecule has 0 spiro atoms. The summed E-state index contributed by atoms with van der Waals surface area (Å²) in [5, 5.41) is 0. The summed E-state index contributed by atoms with van der Waals surface area (Å²) in [4.78, 5) is 9.09. The quantitative estimate of drug-likeness (QED) is 0.231. The Morgan fingerprint density at radius 1 is 0.844 bits per heavy atom. The van der Waals surface area contributed by atoms with Gasteiger partial charge in [-0.15, -0.1) is 0 Å². The molecule has 0 saturated carbocycles. The van der Waals surface area contributed by atoms with E-state index in [-0.39, 0.29) is 0 Å². The van der Waals surface area contributed by atoms with Gasteiger partial charge in [0.1, 0.15) is 11.9 Å². The van der Waals surface area contributed by atoms with Crippen LogP contribution in [-0.2, 0) is 6.42 Å². The first kappa shape index (κ1) is 26.3. The fourth-order valence-electron chi connectivity index (χ4n) is 3.74. The molecule has 3 nitrogen and oxygen atoms in total. The van der Waals surface area contributed by atoms with Crippen LogP contribution >= 0.6 is 0 Å². The molecule has 1 aromatic heterocycles. The number of nitrogens with zero attached hydrogens (tertiary/aromatic N) is 2. The molecule has 0 saturated heterocycles. The number of halogens is 1. The maximum absolute atomic E-state index is 14.0. The molecule has 0 aliphatic rings. The predicted molar refractivity (Wildman–Crippen MR) is 133 cm³/mol. The molecule has 1 aromatic carbocycles. The number of alkyl halides is 1. The van der Waals surface area contributed by atoms with Gasteiger partial charge in [0.2, 0.25) is 0 Å². The Kier molecular flexibility index (Phi) is 13.0. The van der Waals surface area contributed by atoms with Gasteiger partial charge < -0.3 is 4.74 Å². The van der Waals surface area contributed by atoms with Gasteiger partial charge in [-0.05, 0) is 61.4 Å². The monoisotopic (exact) mass is 442 g/mol. The molecule has 2 atom stereocenters. The molecule has 0 amide bonds. The minimum atomic E-state index is -0.781. The van der Waals surface area contributed by atoms with E-state index in [1.165, 1.54) is 50.5 Å². The molecule has 178 valence electrons. The van der Waals surface area contributed by atoms with Gasteiger partial charge in [0.25, 0.3) is 0 Å². The van der Waals surface area contributed by atoms with Crippen molar-refractivity contribution in [2.24, 2.45) is 5.92 Å². The lowest BCUT2D eigenvalue weighted by molar-refractivity contribution is 0.217. The van der Waals surface area contributed by atoms with Gasteiger partial charge in [-0.3, -0.25) is 0 Å². The average molecular weight is 443 g/mol. The third kappa shape index (κ3) is 10.6. The Morgan fingerprint density at radius 2 is 1.50 bits per heavy atom. The fourth-order valence-corrected chi connectivity index (χ4v) is 3.74. The summed E-state index contributed by atoms with van der Waals surface area (Å²) in [7, 11) is 0. The lowest BCUT2D eigenvalue weighted by Gasteiger charge is -2.12. The maximum atomic E-state index is 14.0. The molecule has 2 aromatic rings. The molecule has 0 bridgehead atoms. The standard InChI is InChI=1S/C28H43FN2O/c1-4-6-7-8-9-10-11-12-24-21-30-28(31-22-24)25-14-17-27(18-15-25)32-20-19-26(29)16-13-23(3)5-2/h14-15,17-18,21-23,26H,4-13,16,19-20H2,1-3H3. The number of hydrogen-bond acceptors (Lipinski definition) is 3. The van der Waals surface area contributed by atoms with E-state index in [0.717, 1.165) is 36.4 Å². The Hall–Kier alpha value is -1.97. The van der Waals surface area contributed by atoms with E-state index in [4.69, 9.17) is 4.74 Å². The smallest absolute Gasteiger partial charge is 0.159 e. The third-order valence-corrected chi connectivity index (χ3v) is 6.26. The summed E-state index contributed by atoms with van der Waals surface area (Å²) in [5.41, 5.74) is 2.17. The van der Waals surface area contributed by atoms with Crippen LogP contribution in [0, 0.1) is 5.92 Å². The number of benzene rings is 1. The van der Waals surface area contributed by atoms with Crippen LogP contribution in [0.1, 0.15) is 97.0 Å². The molecule has 2 rings (SSSR count). The van der Waals surface area contributed by atoms with Crippen LogP contribution in [0.3, 0.4) is 0 Å². The normalized spacial score (nSPS) is 13.1. The van der Waals surface area contributed by atoms with E-state index in [9.17, 15) is 4.39 Å². The first-order chi connectivity index (χ1) is 15.6. The second-order valence-corrected chi connectivity index (χ2v) is 9.14. The molecule has 0 aliphatic heterocycles. The van der Waals surface area contributed by atoms with E-state index in [1.807, 2.05) is 36.7 Å². The van der Waals surface area contributed by atoms with Crippen molar-refractivity contribution in [3.63, 3.8) is 0 Å². The minimum absolute atomic E-state index is 0.408. The summed E-state index contributed by atoms with van der Waals surface area (Å²) in [6.45, 7) is 7.00. The molecule has 0 radical (unpaired) electrons. The summed E-state index contributed by atoms with van der Waals surface area (Å²) in [6, 6.07) is 7.77. The van der Waals surface area contributed by atoms with Crippen molar-refractivity contribution < 1.29 is 9.13 Å². The topological polar surface area (TPSA) is 35.0 Å². The van der Waals surface area contributed by atoms with Crippen molar-refractivity contribution in [3.05, 3.63) is 42.2 Å². The van der Waals surface area contributed by atoms with E-state index in [2.05, 4.69) is 30.7 Å². The Morgan fingerprint density at radius 3 is 2.16 bits per heavy atom. The predicted octanol–water partition coefficient (Wildman–Crippen LogP) is 8.37. The van der Waals surface area contributed by atoms with Gasteiger partial charge in [-0.1, -0.05) is 65.7 Å². The zero-order chi connectivity index (χ0) is 23.0. The molecule has 0 fully saturated rings. The minimum Gasteiger partial charge on any atom is -0.493 e. The fraction of sp³-hybridized carbons (Fsp3) is 0.643. The average Bonchev–Trinajstić information content (AvgIpc) is 2.83. The third-order valence-electron chi connectivity index (χ3n) is 6.26. The van der Waals surface area contributed by atoms with Gasteiger partial charge in [-0.25, -0.2) is 14.4 Å². The second kappa shape index (κ2) is 15.8. The highest BCUT2D eigenvalue weighted by Gasteiger charge is 2.09. The number of hydrogen-bond donors (Lipinski definition) is 0. The van der Waals surface area contributed by atoms with Gasteiger partial charge in [0.15, 0.2) is 5.82 Å². The highest BCUT2D eigenvalue weighted by Crippen LogP contribution is 2.21. The second-order valence-electron chi connectivity index (χ2n) is 9.14. The number of ether oxygens (including phenoxy) is 1. The lowest BCUT2D eigenvalue weighted by Crippen LogP contribution is -2.09. The molecular formula is C28H43FN2O. The van der Waals surface area contributed by atoms with Crippen molar-refractivity contribution in [2.45, 2.75) is 104 Å². The highest BCUT2D eigenvalue weighted by molar-refractivity contribution is 5.55. The Balaban J connectivity index is 1.68. The van der Waals surface area contributed by atoms with Crippen molar-refractivity contribution in [1.29, 1.82) is 0 Å². The molecule has 1 heterocycles. The van der Waals surface area contributed by atoms with Crippen LogP contribution in [0.15, 0.2) is 36.7 Å². The van der Waals surface area contributed by atoms with Crippen LogP contribution in [-0.4, -0.2) is 22.7 Å². The van der Waals surface area contributed by atoms with Crippen molar-refractivity contribution in [1.82, 2.24) is 9.97 Å². The molecule has 0 aliphatic carbocycles. The maximum Gasteiger partial charge on any atom is 0.159 e. The van der Waals surface area contributed by atoms with Gasteiger partial charge in [-0.2, -0.15) is 0 Å². The van der Waals surface area contributed by atoms with E-state index >= 15 is 0 Å². The Bertz CT molecular complexity index is 717. The van der Waals surface area contributed by atoms with Gasteiger partial charge in [0.05, 0.1) is 6.61 Å². The van der Waals surface area contributed by atoms with Gasteiger partial charge in [0, 0.05) is 24.4 Å². The van der Waals surface area contributed by atoms with Crippen LogP contribution in [0.25, 0.3) is 11.4 Å². The van der Waals surface area contributed by atoms with Crippen LogP contribution in [0.2, 0.25) is 0 Å². The summed E-state index contributed by atoms with van der Waals surface area (Å²) >= 11 is 0. The van der Waals surface area contributed by atoms with Crippen molar-refractivity contribution in [2.75, 3.05) is 6.61 Å². The van der Waals surface area contributed by atoms with Gasteiger partial charge >= 0.3 is 0 Å². The highest BCUT2D eigenvalue weighted by atomic mass is 19.1. The van der Waals surface area contributed by atoms with E-state index < -0.39 is 6.17 Å². The number of aryl methyl sites for hydroxylation is 1. The first-order valence-electron chi connectivity index (χ1n) is 12.8. The molecule has 2 unspecified atom stereocenters. The number of aromatic nitrogens is 2. The largest absolute Gasteiger partial charge is 0.493 e. The Labute approximate surface area is 195 Å².